The first-order chi connectivity index (χ1) is 10.7. The molecule has 1 aliphatic rings. The van der Waals surface area contributed by atoms with Crippen molar-refractivity contribution >= 4 is 27.4 Å². The van der Waals surface area contributed by atoms with Gasteiger partial charge in [0.05, 0.1) is 19.8 Å². The SMILES string of the molecule is COC1=CC(OC(=O)c2csc3ccccc23)CC(OC)=C1. The summed E-state index contributed by atoms with van der Waals surface area (Å²) in [6.45, 7) is 0. The van der Waals surface area contributed by atoms with Crippen molar-refractivity contribution in [3.05, 3.63) is 58.9 Å². The Morgan fingerprint density at radius 3 is 2.82 bits per heavy atom. The molecule has 0 saturated heterocycles. The molecule has 0 saturated carbocycles. The molecular weight excluding hydrogens is 300 g/mol. The highest BCUT2D eigenvalue weighted by atomic mass is 32.1. The predicted octanol–water partition coefficient (Wildman–Crippen LogP) is 3.89. The molecule has 3 rings (SSSR count). The van der Waals surface area contributed by atoms with Crippen LogP contribution in [0.15, 0.2) is 53.3 Å². The molecule has 0 bridgehead atoms. The van der Waals surface area contributed by atoms with E-state index in [9.17, 15) is 4.79 Å². The number of carbonyl (C=O) groups excluding carboxylic acids is 1. The fourth-order valence-corrected chi connectivity index (χ4v) is 3.32. The van der Waals surface area contributed by atoms with Gasteiger partial charge in [-0.2, -0.15) is 0 Å². The summed E-state index contributed by atoms with van der Waals surface area (Å²) in [5.41, 5.74) is 0.599. The molecule has 4 nitrogen and oxygen atoms in total. The van der Waals surface area contributed by atoms with Gasteiger partial charge in [-0.25, -0.2) is 4.79 Å². The van der Waals surface area contributed by atoms with E-state index in [-0.39, 0.29) is 12.1 Å². The lowest BCUT2D eigenvalue weighted by molar-refractivity contribution is 0.0362. The maximum atomic E-state index is 12.4. The van der Waals surface area contributed by atoms with E-state index in [2.05, 4.69) is 0 Å². The highest BCUT2D eigenvalue weighted by molar-refractivity contribution is 7.17. The molecule has 0 radical (unpaired) electrons. The number of fused-ring (bicyclic) bond motifs is 1. The van der Waals surface area contributed by atoms with Gasteiger partial charge in [-0.15, -0.1) is 11.3 Å². The van der Waals surface area contributed by atoms with Crippen LogP contribution in [0.25, 0.3) is 10.1 Å². The highest BCUT2D eigenvalue weighted by Crippen LogP contribution is 2.28. The lowest BCUT2D eigenvalue weighted by atomic mass is 10.1. The molecule has 0 aliphatic heterocycles. The van der Waals surface area contributed by atoms with Crippen LogP contribution in [0.3, 0.4) is 0 Å². The Morgan fingerprint density at radius 1 is 1.23 bits per heavy atom. The number of esters is 1. The summed E-state index contributed by atoms with van der Waals surface area (Å²) in [7, 11) is 3.17. The maximum Gasteiger partial charge on any atom is 0.340 e. The van der Waals surface area contributed by atoms with Gasteiger partial charge in [-0.3, -0.25) is 0 Å². The van der Waals surface area contributed by atoms with Crippen LogP contribution in [0.4, 0.5) is 0 Å². The molecule has 0 N–H and O–H groups in total. The monoisotopic (exact) mass is 316 g/mol. The van der Waals surface area contributed by atoms with E-state index in [1.807, 2.05) is 29.6 Å². The summed E-state index contributed by atoms with van der Waals surface area (Å²) in [5, 5.41) is 2.76. The smallest absolute Gasteiger partial charge is 0.340 e. The number of methoxy groups -OCH3 is 2. The third-order valence-corrected chi connectivity index (χ3v) is 4.48. The standard InChI is InChI=1S/C17H16O4S/c1-19-11-7-12(20-2)9-13(8-11)21-17(18)15-10-22-16-6-4-3-5-14(15)16/h3-8,10,13H,9H2,1-2H3. The Hall–Kier alpha value is -2.27. The first-order valence-corrected chi connectivity index (χ1v) is 7.77. The minimum atomic E-state index is -0.388. The van der Waals surface area contributed by atoms with Crippen LogP contribution in [0, 0.1) is 0 Å². The number of carbonyl (C=O) groups is 1. The number of ether oxygens (including phenoxy) is 3. The first-order valence-electron chi connectivity index (χ1n) is 6.89. The van der Waals surface area contributed by atoms with Crippen LogP contribution in [0.1, 0.15) is 16.8 Å². The fourth-order valence-electron chi connectivity index (χ4n) is 2.39. The van der Waals surface area contributed by atoms with Crippen LogP contribution in [-0.4, -0.2) is 26.3 Å². The van der Waals surface area contributed by atoms with E-state index in [0.29, 0.717) is 17.7 Å². The summed E-state index contributed by atoms with van der Waals surface area (Å²) in [4.78, 5) is 12.4. The van der Waals surface area contributed by atoms with E-state index in [0.717, 1.165) is 15.8 Å². The van der Waals surface area contributed by atoms with Crippen LogP contribution >= 0.6 is 11.3 Å². The Labute approximate surface area is 132 Å². The Kier molecular flexibility index (Phi) is 4.15. The zero-order valence-corrected chi connectivity index (χ0v) is 13.2. The molecule has 114 valence electrons. The third kappa shape index (κ3) is 2.85. The summed E-state index contributed by atoms with van der Waals surface area (Å²) in [5.74, 6) is 1.04. The van der Waals surface area contributed by atoms with Crippen molar-refractivity contribution in [3.8, 4) is 0 Å². The van der Waals surface area contributed by atoms with E-state index < -0.39 is 0 Å². The van der Waals surface area contributed by atoms with Gasteiger partial charge in [0.15, 0.2) is 0 Å². The number of rotatable bonds is 4. The van der Waals surface area contributed by atoms with Gasteiger partial charge in [0.25, 0.3) is 0 Å². The van der Waals surface area contributed by atoms with E-state index in [1.165, 1.54) is 11.3 Å². The molecule has 22 heavy (non-hydrogen) atoms. The number of thiophene rings is 1. The molecule has 1 aromatic carbocycles. The molecule has 1 aliphatic carbocycles. The molecule has 1 aromatic heterocycles. The molecule has 0 amide bonds. The topological polar surface area (TPSA) is 44.8 Å². The Morgan fingerprint density at radius 2 is 2.05 bits per heavy atom. The van der Waals surface area contributed by atoms with Crippen molar-refractivity contribution < 1.29 is 19.0 Å². The van der Waals surface area contributed by atoms with E-state index in [4.69, 9.17) is 14.2 Å². The Bertz CT molecular complexity index is 757. The highest BCUT2D eigenvalue weighted by Gasteiger charge is 2.22. The lowest BCUT2D eigenvalue weighted by Crippen LogP contribution is -2.20. The second kappa shape index (κ2) is 6.23. The summed E-state index contributed by atoms with van der Waals surface area (Å²) < 4.78 is 17.1. The molecular formula is C17H16O4S. The van der Waals surface area contributed by atoms with Crippen LogP contribution < -0.4 is 0 Å². The zero-order valence-electron chi connectivity index (χ0n) is 12.4. The van der Waals surface area contributed by atoms with Crippen molar-refractivity contribution in [1.29, 1.82) is 0 Å². The quantitative estimate of drug-likeness (QED) is 0.803. The molecule has 0 spiro atoms. The number of hydrogen-bond donors (Lipinski definition) is 0. The van der Waals surface area contributed by atoms with Crippen LogP contribution in [0.2, 0.25) is 0 Å². The minimum absolute atomic E-state index is 0.327. The van der Waals surface area contributed by atoms with Crippen molar-refractivity contribution in [1.82, 2.24) is 0 Å². The molecule has 2 aromatic rings. The second-order valence-corrected chi connectivity index (χ2v) is 5.79. The van der Waals surface area contributed by atoms with Gasteiger partial charge in [0.2, 0.25) is 0 Å². The van der Waals surface area contributed by atoms with Gasteiger partial charge in [0, 0.05) is 28.0 Å². The third-order valence-electron chi connectivity index (χ3n) is 3.51. The van der Waals surface area contributed by atoms with Crippen LogP contribution in [0.5, 0.6) is 0 Å². The number of hydrogen-bond acceptors (Lipinski definition) is 5. The van der Waals surface area contributed by atoms with Gasteiger partial charge in [-0.05, 0) is 12.1 Å². The molecule has 1 unspecified atom stereocenters. The van der Waals surface area contributed by atoms with Gasteiger partial charge >= 0.3 is 5.97 Å². The van der Waals surface area contributed by atoms with Gasteiger partial charge in [-0.1, -0.05) is 18.2 Å². The largest absolute Gasteiger partial charge is 0.501 e. The second-order valence-electron chi connectivity index (χ2n) is 4.88. The summed E-state index contributed by atoms with van der Waals surface area (Å²) in [6, 6.07) is 7.80. The minimum Gasteiger partial charge on any atom is -0.501 e. The molecule has 5 heteroatoms. The summed E-state index contributed by atoms with van der Waals surface area (Å²) >= 11 is 1.54. The van der Waals surface area contributed by atoms with Crippen molar-refractivity contribution in [2.75, 3.05) is 14.2 Å². The van der Waals surface area contributed by atoms with E-state index >= 15 is 0 Å². The average Bonchev–Trinajstić information content (AvgIpc) is 2.98. The van der Waals surface area contributed by atoms with Crippen molar-refractivity contribution in [2.45, 2.75) is 12.5 Å². The molecule has 1 heterocycles. The first kappa shape index (κ1) is 14.7. The predicted molar refractivity (Wildman–Crippen MR) is 85.8 cm³/mol. The van der Waals surface area contributed by atoms with Gasteiger partial charge < -0.3 is 14.2 Å². The van der Waals surface area contributed by atoms with Crippen molar-refractivity contribution in [3.63, 3.8) is 0 Å². The number of benzene rings is 1. The lowest BCUT2D eigenvalue weighted by Gasteiger charge is -2.20. The number of allylic oxidation sites excluding steroid dienone is 1. The molecule has 0 fully saturated rings. The molecule has 1 atom stereocenters. The van der Waals surface area contributed by atoms with E-state index in [1.54, 1.807) is 26.4 Å². The maximum absolute atomic E-state index is 12.4. The summed E-state index contributed by atoms with van der Waals surface area (Å²) in [6.07, 6.45) is 3.71. The van der Waals surface area contributed by atoms with Crippen LogP contribution in [-0.2, 0) is 14.2 Å². The Balaban J connectivity index is 1.80. The zero-order chi connectivity index (χ0) is 15.5. The van der Waals surface area contributed by atoms with Crippen molar-refractivity contribution in [2.24, 2.45) is 0 Å². The normalized spacial score (nSPS) is 17.6. The van der Waals surface area contributed by atoms with Gasteiger partial charge in [0.1, 0.15) is 17.6 Å². The fraction of sp³-hybridized carbons (Fsp3) is 0.235. The average molecular weight is 316 g/mol.